The van der Waals surface area contributed by atoms with Gasteiger partial charge in [0, 0.05) is 0 Å². The molecule has 0 nitrogen and oxygen atoms in total. The standard InChI is InChI=1S/C9H10.FH.H2S/c1-2-6-9-7-4-3-5-8-9;;/h2-5,7-8H,1,6H2;1H;1H2. The molecule has 0 bridgehead atoms. The zero-order valence-corrected chi connectivity index (χ0v) is 7.29. The molecule has 1 rings (SSSR count). The Bertz CT molecular complexity index is 184. The molecule has 0 fully saturated rings. The SMILES string of the molecule is C=CCc1ccccc1.F.S. The topological polar surface area (TPSA) is 0 Å². The number of allylic oxidation sites excluding steroid dienone is 1. The number of rotatable bonds is 2. The Hall–Kier alpha value is -0.760. The van der Waals surface area contributed by atoms with Gasteiger partial charge in [-0.15, -0.1) is 6.58 Å². The van der Waals surface area contributed by atoms with Crippen molar-refractivity contribution in [3.8, 4) is 0 Å². The Morgan fingerprint density at radius 3 is 2.18 bits per heavy atom. The van der Waals surface area contributed by atoms with Crippen LogP contribution in [0, 0.1) is 0 Å². The first-order valence-electron chi connectivity index (χ1n) is 3.08. The van der Waals surface area contributed by atoms with Crippen LogP contribution in [0.15, 0.2) is 43.0 Å². The number of hydrogen-bond acceptors (Lipinski definition) is 0. The Kier molecular flexibility index (Phi) is 8.60. The lowest BCUT2D eigenvalue weighted by Crippen LogP contribution is -1.75. The highest BCUT2D eigenvalue weighted by Gasteiger charge is 1.82. The first kappa shape index (κ1) is 12.9. The smallest absolute Gasteiger partial charge is 0.0100 e. The molecule has 0 spiro atoms. The highest BCUT2D eigenvalue weighted by Crippen LogP contribution is 1.98. The van der Waals surface area contributed by atoms with E-state index >= 15 is 0 Å². The summed E-state index contributed by atoms with van der Waals surface area (Å²) >= 11 is 0. The fourth-order valence-corrected chi connectivity index (χ4v) is 0.781. The van der Waals surface area contributed by atoms with Gasteiger partial charge in [-0.25, -0.2) is 0 Å². The number of hydrogen-bond donors (Lipinski definition) is 0. The zero-order valence-electron chi connectivity index (χ0n) is 6.29. The van der Waals surface area contributed by atoms with E-state index in [0.717, 1.165) is 6.42 Å². The maximum Gasteiger partial charge on any atom is -0.0100 e. The quantitative estimate of drug-likeness (QED) is 0.602. The van der Waals surface area contributed by atoms with Gasteiger partial charge in [0.1, 0.15) is 0 Å². The van der Waals surface area contributed by atoms with Crippen LogP contribution in [0.4, 0.5) is 4.70 Å². The Morgan fingerprint density at radius 1 is 1.18 bits per heavy atom. The molecule has 0 radical (unpaired) electrons. The van der Waals surface area contributed by atoms with Crippen LogP contribution in [-0.2, 0) is 6.42 Å². The average molecular weight is 172 g/mol. The van der Waals surface area contributed by atoms with Crippen LogP contribution in [0.2, 0.25) is 0 Å². The second kappa shape index (κ2) is 7.35. The molecule has 1 aromatic carbocycles. The molecule has 0 heterocycles. The number of benzene rings is 1. The van der Waals surface area contributed by atoms with E-state index in [1.165, 1.54) is 5.56 Å². The lowest BCUT2D eigenvalue weighted by molar-refractivity contribution is 1.11. The van der Waals surface area contributed by atoms with E-state index in [0.29, 0.717) is 0 Å². The van der Waals surface area contributed by atoms with Gasteiger partial charge in [-0.05, 0) is 12.0 Å². The van der Waals surface area contributed by atoms with E-state index in [1.54, 1.807) is 0 Å². The summed E-state index contributed by atoms with van der Waals surface area (Å²) in [5.41, 5.74) is 1.33. The van der Waals surface area contributed by atoms with Gasteiger partial charge in [0.25, 0.3) is 0 Å². The van der Waals surface area contributed by atoms with Crippen molar-refractivity contribution in [1.82, 2.24) is 0 Å². The van der Waals surface area contributed by atoms with E-state index in [1.807, 2.05) is 24.3 Å². The van der Waals surface area contributed by atoms with Gasteiger partial charge >= 0.3 is 0 Å². The van der Waals surface area contributed by atoms with Crippen LogP contribution >= 0.6 is 13.5 Å². The van der Waals surface area contributed by atoms with Crippen molar-refractivity contribution < 1.29 is 4.70 Å². The fraction of sp³-hybridized carbons (Fsp3) is 0.111. The van der Waals surface area contributed by atoms with Gasteiger partial charge in [0.2, 0.25) is 0 Å². The minimum absolute atomic E-state index is 0. The van der Waals surface area contributed by atoms with Gasteiger partial charge in [-0.1, -0.05) is 36.4 Å². The maximum atomic E-state index is 3.66. The van der Waals surface area contributed by atoms with Crippen molar-refractivity contribution in [1.29, 1.82) is 0 Å². The van der Waals surface area contributed by atoms with Crippen LogP contribution in [0.5, 0.6) is 0 Å². The van der Waals surface area contributed by atoms with Crippen LogP contribution in [-0.4, -0.2) is 0 Å². The molecule has 0 saturated heterocycles. The molecule has 0 unspecified atom stereocenters. The summed E-state index contributed by atoms with van der Waals surface area (Å²) in [6.07, 6.45) is 2.89. The predicted octanol–water partition coefficient (Wildman–Crippen LogP) is 2.68. The molecule has 0 saturated carbocycles. The van der Waals surface area contributed by atoms with E-state index in [2.05, 4.69) is 18.7 Å². The normalized spacial score (nSPS) is 7.27. The van der Waals surface area contributed by atoms with Gasteiger partial charge in [-0.2, -0.15) is 13.5 Å². The van der Waals surface area contributed by atoms with E-state index in [4.69, 9.17) is 0 Å². The van der Waals surface area contributed by atoms with Crippen molar-refractivity contribution in [2.45, 2.75) is 6.42 Å². The molecular formula is C9H13FS. The molecule has 0 aliphatic rings. The highest BCUT2D eigenvalue weighted by atomic mass is 32.1. The summed E-state index contributed by atoms with van der Waals surface area (Å²) in [6, 6.07) is 10.3. The molecule has 0 aliphatic heterocycles. The molecule has 0 aliphatic carbocycles. The van der Waals surface area contributed by atoms with Crippen molar-refractivity contribution >= 4 is 13.5 Å². The molecule has 11 heavy (non-hydrogen) atoms. The first-order valence-corrected chi connectivity index (χ1v) is 3.08. The van der Waals surface area contributed by atoms with Gasteiger partial charge in [0.05, 0.1) is 0 Å². The lowest BCUT2D eigenvalue weighted by atomic mass is 10.2. The average Bonchev–Trinajstić information content (AvgIpc) is 1.91. The molecule has 62 valence electrons. The van der Waals surface area contributed by atoms with Crippen LogP contribution in [0.1, 0.15) is 5.56 Å². The minimum atomic E-state index is 0. The summed E-state index contributed by atoms with van der Waals surface area (Å²) in [5, 5.41) is 0. The third-order valence-electron chi connectivity index (χ3n) is 1.22. The van der Waals surface area contributed by atoms with Crippen molar-refractivity contribution in [3.63, 3.8) is 0 Å². The minimum Gasteiger partial charge on any atom is -0.269 e. The Labute approximate surface area is 73.8 Å². The summed E-state index contributed by atoms with van der Waals surface area (Å²) in [6.45, 7) is 3.66. The van der Waals surface area contributed by atoms with Crippen LogP contribution in [0.25, 0.3) is 0 Å². The molecule has 0 aromatic heterocycles. The summed E-state index contributed by atoms with van der Waals surface area (Å²) < 4.78 is 0. The molecule has 2 heteroatoms. The Morgan fingerprint density at radius 2 is 1.73 bits per heavy atom. The highest BCUT2D eigenvalue weighted by molar-refractivity contribution is 7.59. The zero-order chi connectivity index (χ0) is 6.53. The van der Waals surface area contributed by atoms with E-state index < -0.39 is 0 Å². The van der Waals surface area contributed by atoms with Gasteiger partial charge in [0.15, 0.2) is 0 Å². The molecule has 0 N–H and O–H groups in total. The van der Waals surface area contributed by atoms with Crippen molar-refractivity contribution in [2.75, 3.05) is 0 Å². The fourth-order valence-electron chi connectivity index (χ4n) is 0.781. The summed E-state index contributed by atoms with van der Waals surface area (Å²) in [5.74, 6) is 0. The van der Waals surface area contributed by atoms with Gasteiger partial charge < -0.3 is 0 Å². The second-order valence-electron chi connectivity index (χ2n) is 1.98. The molecular weight excluding hydrogens is 159 g/mol. The molecule has 0 atom stereocenters. The molecule has 0 amide bonds. The third kappa shape index (κ3) is 4.62. The van der Waals surface area contributed by atoms with Crippen molar-refractivity contribution in [3.05, 3.63) is 48.6 Å². The van der Waals surface area contributed by atoms with Gasteiger partial charge in [-0.3, -0.25) is 4.70 Å². The number of halogens is 1. The second-order valence-corrected chi connectivity index (χ2v) is 1.98. The maximum absolute atomic E-state index is 3.66. The predicted molar refractivity (Wildman–Crippen MR) is 53.2 cm³/mol. The van der Waals surface area contributed by atoms with E-state index in [9.17, 15) is 0 Å². The van der Waals surface area contributed by atoms with Crippen LogP contribution in [0.3, 0.4) is 0 Å². The Balaban J connectivity index is 0. The largest absolute Gasteiger partial charge is 0.269 e. The van der Waals surface area contributed by atoms with E-state index in [-0.39, 0.29) is 18.2 Å². The summed E-state index contributed by atoms with van der Waals surface area (Å²) in [4.78, 5) is 0. The third-order valence-corrected chi connectivity index (χ3v) is 1.22. The summed E-state index contributed by atoms with van der Waals surface area (Å²) in [7, 11) is 0. The van der Waals surface area contributed by atoms with Crippen molar-refractivity contribution in [2.24, 2.45) is 0 Å². The first-order chi connectivity index (χ1) is 4.43. The molecule has 1 aromatic rings. The monoisotopic (exact) mass is 172 g/mol. The van der Waals surface area contributed by atoms with Crippen LogP contribution < -0.4 is 0 Å². The lowest BCUT2D eigenvalue weighted by Gasteiger charge is -1.91.